The third kappa shape index (κ3) is 3.60. The summed E-state index contributed by atoms with van der Waals surface area (Å²) in [5.41, 5.74) is 5.22. The van der Waals surface area contributed by atoms with Crippen LogP contribution >= 0.6 is 0 Å². The Morgan fingerprint density at radius 2 is 1.81 bits per heavy atom. The minimum atomic E-state index is 0.753. The highest BCUT2D eigenvalue weighted by atomic mass is 15.1. The Kier molecular flexibility index (Phi) is 4.70. The summed E-state index contributed by atoms with van der Waals surface area (Å²) in [4.78, 5) is 15.5. The lowest BCUT2D eigenvalue weighted by atomic mass is 10.1. The maximum atomic E-state index is 4.59. The Bertz CT molecular complexity index is 1020. The normalized spacial score (nSPS) is 10.9. The fraction of sp³-hybridized carbons (Fsp3) is 0.190. The van der Waals surface area contributed by atoms with Crippen molar-refractivity contribution < 1.29 is 0 Å². The molecule has 136 valence electrons. The SMILES string of the molecule is CN(C)c1ccc(-c2cnc3c(NCCc4ccccn4)nccn23)cc1. The number of nitrogens with one attached hydrogen (secondary N) is 1. The van der Waals surface area contributed by atoms with Gasteiger partial charge in [0.2, 0.25) is 0 Å². The molecule has 0 bridgehead atoms. The van der Waals surface area contributed by atoms with E-state index in [1.54, 1.807) is 6.20 Å². The third-order valence-corrected chi connectivity index (χ3v) is 4.51. The predicted molar refractivity (Wildman–Crippen MR) is 109 cm³/mol. The molecule has 6 heteroatoms. The molecule has 3 aromatic heterocycles. The first kappa shape index (κ1) is 17.0. The van der Waals surface area contributed by atoms with Gasteiger partial charge in [0.05, 0.1) is 11.9 Å². The predicted octanol–water partition coefficient (Wildman–Crippen LogP) is 3.51. The Balaban J connectivity index is 1.56. The van der Waals surface area contributed by atoms with Crippen LogP contribution in [-0.4, -0.2) is 40.0 Å². The van der Waals surface area contributed by atoms with Crippen molar-refractivity contribution >= 4 is 17.2 Å². The lowest BCUT2D eigenvalue weighted by Gasteiger charge is -2.12. The molecule has 1 N–H and O–H groups in total. The van der Waals surface area contributed by atoms with Gasteiger partial charge in [-0.05, 0) is 24.3 Å². The minimum absolute atomic E-state index is 0.753. The van der Waals surface area contributed by atoms with E-state index >= 15 is 0 Å². The Labute approximate surface area is 158 Å². The average Bonchev–Trinajstić information content (AvgIpc) is 3.14. The Morgan fingerprint density at radius 1 is 0.963 bits per heavy atom. The molecule has 0 atom stereocenters. The Morgan fingerprint density at radius 3 is 2.56 bits per heavy atom. The van der Waals surface area contributed by atoms with Crippen molar-refractivity contribution in [3.63, 3.8) is 0 Å². The third-order valence-electron chi connectivity index (χ3n) is 4.51. The first-order chi connectivity index (χ1) is 13.2. The molecule has 27 heavy (non-hydrogen) atoms. The molecule has 0 radical (unpaired) electrons. The number of imidazole rings is 1. The molecule has 0 aliphatic heterocycles. The number of hydrogen-bond acceptors (Lipinski definition) is 5. The van der Waals surface area contributed by atoms with E-state index in [-0.39, 0.29) is 0 Å². The minimum Gasteiger partial charge on any atom is -0.378 e. The molecular weight excluding hydrogens is 336 g/mol. The van der Waals surface area contributed by atoms with E-state index in [0.29, 0.717) is 0 Å². The summed E-state index contributed by atoms with van der Waals surface area (Å²) in [5.74, 6) is 0.782. The molecule has 0 aliphatic carbocycles. The lowest BCUT2D eigenvalue weighted by molar-refractivity contribution is 0.951. The van der Waals surface area contributed by atoms with E-state index in [0.717, 1.165) is 41.4 Å². The number of aromatic nitrogens is 4. The molecular formula is C21H22N6. The molecule has 0 unspecified atom stereocenters. The van der Waals surface area contributed by atoms with Gasteiger partial charge >= 0.3 is 0 Å². The van der Waals surface area contributed by atoms with Crippen LogP contribution in [0.25, 0.3) is 16.9 Å². The molecule has 0 saturated carbocycles. The molecule has 6 nitrogen and oxygen atoms in total. The summed E-state index contributed by atoms with van der Waals surface area (Å²) in [6, 6.07) is 14.4. The first-order valence-electron chi connectivity index (χ1n) is 8.96. The van der Waals surface area contributed by atoms with Crippen molar-refractivity contribution in [2.75, 3.05) is 30.9 Å². The maximum Gasteiger partial charge on any atom is 0.180 e. The molecule has 0 fully saturated rings. The molecule has 3 heterocycles. The van der Waals surface area contributed by atoms with Gasteiger partial charge in [0.25, 0.3) is 0 Å². The highest BCUT2D eigenvalue weighted by molar-refractivity contribution is 5.71. The van der Waals surface area contributed by atoms with Crippen LogP contribution in [-0.2, 0) is 6.42 Å². The van der Waals surface area contributed by atoms with Gasteiger partial charge in [-0.2, -0.15) is 0 Å². The van der Waals surface area contributed by atoms with Gasteiger partial charge in [0, 0.05) is 62.6 Å². The van der Waals surface area contributed by atoms with Crippen LogP contribution in [0.2, 0.25) is 0 Å². The Hall–Kier alpha value is -3.41. The highest BCUT2D eigenvalue weighted by Crippen LogP contribution is 2.25. The van der Waals surface area contributed by atoms with E-state index in [4.69, 9.17) is 0 Å². The number of fused-ring (bicyclic) bond motifs is 1. The second-order valence-corrected chi connectivity index (χ2v) is 6.55. The van der Waals surface area contributed by atoms with Crippen molar-refractivity contribution in [3.8, 4) is 11.3 Å². The largest absolute Gasteiger partial charge is 0.378 e. The van der Waals surface area contributed by atoms with Crippen LogP contribution < -0.4 is 10.2 Å². The number of pyridine rings is 1. The number of anilines is 2. The van der Waals surface area contributed by atoms with E-state index in [9.17, 15) is 0 Å². The summed E-state index contributed by atoms with van der Waals surface area (Å²) >= 11 is 0. The number of nitrogens with zero attached hydrogens (tertiary/aromatic N) is 5. The van der Waals surface area contributed by atoms with Crippen LogP contribution in [0.3, 0.4) is 0 Å². The molecule has 1 aromatic carbocycles. The average molecular weight is 358 g/mol. The number of benzene rings is 1. The van der Waals surface area contributed by atoms with Crippen molar-refractivity contribution in [3.05, 3.63) is 72.9 Å². The van der Waals surface area contributed by atoms with E-state index in [1.165, 1.54) is 5.69 Å². The van der Waals surface area contributed by atoms with Crippen LogP contribution in [0.4, 0.5) is 11.5 Å². The zero-order valence-corrected chi connectivity index (χ0v) is 15.5. The van der Waals surface area contributed by atoms with Crippen LogP contribution in [0.1, 0.15) is 5.69 Å². The van der Waals surface area contributed by atoms with Gasteiger partial charge in [0.1, 0.15) is 0 Å². The first-order valence-corrected chi connectivity index (χ1v) is 8.96. The second kappa shape index (κ2) is 7.45. The molecule has 0 saturated heterocycles. The number of rotatable bonds is 6. The van der Waals surface area contributed by atoms with E-state index in [1.807, 2.05) is 50.9 Å². The second-order valence-electron chi connectivity index (χ2n) is 6.55. The monoisotopic (exact) mass is 358 g/mol. The van der Waals surface area contributed by atoms with Crippen LogP contribution in [0, 0.1) is 0 Å². The number of hydrogen-bond donors (Lipinski definition) is 1. The fourth-order valence-electron chi connectivity index (χ4n) is 3.04. The summed E-state index contributed by atoms with van der Waals surface area (Å²) in [5, 5.41) is 3.38. The summed E-state index contributed by atoms with van der Waals surface area (Å²) in [6.45, 7) is 0.753. The van der Waals surface area contributed by atoms with Crippen LogP contribution in [0.15, 0.2) is 67.3 Å². The smallest absolute Gasteiger partial charge is 0.180 e. The van der Waals surface area contributed by atoms with Gasteiger partial charge in [-0.3, -0.25) is 9.38 Å². The topological polar surface area (TPSA) is 58.4 Å². The van der Waals surface area contributed by atoms with Gasteiger partial charge in [-0.1, -0.05) is 18.2 Å². The standard InChI is InChI=1S/C21H22N6/c1-26(2)18-8-6-16(7-9-18)19-15-25-21-20(24-13-14-27(19)21)23-12-10-17-5-3-4-11-22-17/h3-9,11,13-15H,10,12H2,1-2H3,(H,23,24). The highest BCUT2D eigenvalue weighted by Gasteiger charge is 2.10. The van der Waals surface area contributed by atoms with Crippen molar-refractivity contribution in [2.24, 2.45) is 0 Å². The lowest BCUT2D eigenvalue weighted by Crippen LogP contribution is -2.08. The molecule has 0 spiro atoms. The quantitative estimate of drug-likeness (QED) is 0.572. The fourth-order valence-corrected chi connectivity index (χ4v) is 3.04. The maximum absolute atomic E-state index is 4.59. The summed E-state index contributed by atoms with van der Waals surface area (Å²) in [7, 11) is 4.08. The molecule has 4 aromatic rings. The molecule has 4 rings (SSSR count). The molecule has 0 aliphatic rings. The zero-order valence-electron chi connectivity index (χ0n) is 15.5. The summed E-state index contributed by atoms with van der Waals surface area (Å²) < 4.78 is 2.07. The summed E-state index contributed by atoms with van der Waals surface area (Å²) in [6.07, 6.45) is 8.29. The van der Waals surface area contributed by atoms with Gasteiger partial charge < -0.3 is 10.2 Å². The molecule has 0 amide bonds. The van der Waals surface area contributed by atoms with Crippen molar-refractivity contribution in [1.29, 1.82) is 0 Å². The van der Waals surface area contributed by atoms with E-state index < -0.39 is 0 Å². The van der Waals surface area contributed by atoms with Crippen molar-refractivity contribution in [1.82, 2.24) is 19.4 Å². The van der Waals surface area contributed by atoms with Gasteiger partial charge in [-0.15, -0.1) is 0 Å². The van der Waals surface area contributed by atoms with Crippen molar-refractivity contribution in [2.45, 2.75) is 6.42 Å². The van der Waals surface area contributed by atoms with Crippen LogP contribution in [0.5, 0.6) is 0 Å². The zero-order chi connectivity index (χ0) is 18.6. The van der Waals surface area contributed by atoms with E-state index in [2.05, 4.69) is 53.8 Å². The van der Waals surface area contributed by atoms with Gasteiger partial charge in [0.15, 0.2) is 11.5 Å². The van der Waals surface area contributed by atoms with Gasteiger partial charge in [-0.25, -0.2) is 9.97 Å².